The molecule has 3 heteroatoms. The van der Waals surface area contributed by atoms with Gasteiger partial charge in [0, 0.05) is 22.3 Å². The summed E-state index contributed by atoms with van der Waals surface area (Å²) in [5.41, 5.74) is 8.28. The third kappa shape index (κ3) is 4.29. The Hall–Kier alpha value is -1.45. The van der Waals surface area contributed by atoms with E-state index in [1.807, 2.05) is 19.1 Å². The minimum absolute atomic E-state index is 0.00771. The summed E-state index contributed by atoms with van der Waals surface area (Å²) < 4.78 is 5.87. The second-order valence-electron chi connectivity index (χ2n) is 4.84. The van der Waals surface area contributed by atoms with E-state index in [4.69, 9.17) is 10.5 Å². The summed E-state index contributed by atoms with van der Waals surface area (Å²) in [4.78, 5) is 1.27. The molecule has 0 bridgehead atoms. The maximum Gasteiger partial charge on any atom is 0.124 e. The van der Waals surface area contributed by atoms with Crippen LogP contribution in [0.25, 0.3) is 0 Å². The van der Waals surface area contributed by atoms with Crippen LogP contribution < -0.4 is 10.5 Å². The molecule has 0 heterocycles. The molecular formula is C17H21NOS. The lowest BCUT2D eigenvalue weighted by Gasteiger charge is -2.14. The third-order valence-electron chi connectivity index (χ3n) is 3.01. The van der Waals surface area contributed by atoms with Crippen molar-refractivity contribution in [2.75, 3.05) is 12.4 Å². The van der Waals surface area contributed by atoms with Gasteiger partial charge in [0.25, 0.3) is 0 Å². The van der Waals surface area contributed by atoms with Gasteiger partial charge >= 0.3 is 0 Å². The second kappa shape index (κ2) is 7.36. The molecule has 0 aliphatic rings. The minimum atomic E-state index is -0.00771. The fraction of sp³-hybridized carbons (Fsp3) is 0.294. The van der Waals surface area contributed by atoms with Crippen LogP contribution in [0, 0.1) is 6.92 Å². The standard InChI is InChI=1S/C17H21NOS/c1-13-8-9-17(16(12-13)14(2)18)19-10-11-20-15-6-4-3-5-7-15/h3-9,12,14H,10-11,18H2,1-2H3/t14-/m1/s1. The highest BCUT2D eigenvalue weighted by Gasteiger charge is 2.08. The molecule has 2 N–H and O–H groups in total. The summed E-state index contributed by atoms with van der Waals surface area (Å²) in [6, 6.07) is 16.5. The van der Waals surface area contributed by atoms with Gasteiger partial charge in [-0.3, -0.25) is 0 Å². The van der Waals surface area contributed by atoms with Crippen molar-refractivity contribution < 1.29 is 4.74 Å². The first kappa shape index (κ1) is 14.9. The predicted molar refractivity (Wildman–Crippen MR) is 86.4 cm³/mol. The molecule has 2 aromatic rings. The zero-order valence-electron chi connectivity index (χ0n) is 12.0. The Bertz CT molecular complexity index is 540. The Morgan fingerprint density at radius 2 is 1.90 bits per heavy atom. The van der Waals surface area contributed by atoms with Crippen molar-refractivity contribution in [1.82, 2.24) is 0 Å². The average molecular weight is 287 g/mol. The molecule has 0 fully saturated rings. The van der Waals surface area contributed by atoms with Crippen LogP contribution >= 0.6 is 11.8 Å². The normalized spacial score (nSPS) is 12.2. The molecule has 0 radical (unpaired) electrons. The molecule has 2 rings (SSSR count). The third-order valence-corrected chi connectivity index (χ3v) is 3.98. The maximum absolute atomic E-state index is 5.99. The fourth-order valence-corrected chi connectivity index (χ4v) is 2.73. The van der Waals surface area contributed by atoms with Crippen LogP contribution in [-0.4, -0.2) is 12.4 Å². The van der Waals surface area contributed by atoms with Gasteiger partial charge in [0.15, 0.2) is 0 Å². The molecule has 0 saturated heterocycles. The molecule has 0 unspecified atom stereocenters. The number of benzene rings is 2. The SMILES string of the molecule is Cc1ccc(OCCSc2ccccc2)c([C@@H](C)N)c1. The monoisotopic (exact) mass is 287 g/mol. The molecule has 2 aromatic carbocycles. The van der Waals surface area contributed by atoms with Crippen molar-refractivity contribution in [3.63, 3.8) is 0 Å². The number of hydrogen-bond donors (Lipinski definition) is 1. The summed E-state index contributed by atoms with van der Waals surface area (Å²) in [7, 11) is 0. The zero-order chi connectivity index (χ0) is 14.4. The lowest BCUT2D eigenvalue weighted by molar-refractivity contribution is 0.338. The van der Waals surface area contributed by atoms with Crippen LogP contribution in [0.5, 0.6) is 5.75 Å². The van der Waals surface area contributed by atoms with Gasteiger partial charge in [-0.2, -0.15) is 0 Å². The van der Waals surface area contributed by atoms with Crippen LogP contribution in [0.3, 0.4) is 0 Å². The topological polar surface area (TPSA) is 35.2 Å². The number of thioether (sulfide) groups is 1. The van der Waals surface area contributed by atoms with E-state index in [9.17, 15) is 0 Å². The van der Waals surface area contributed by atoms with Gasteiger partial charge in [-0.1, -0.05) is 35.9 Å². The van der Waals surface area contributed by atoms with E-state index in [0.29, 0.717) is 6.61 Å². The second-order valence-corrected chi connectivity index (χ2v) is 6.01. The molecule has 0 amide bonds. The van der Waals surface area contributed by atoms with Crippen molar-refractivity contribution in [2.24, 2.45) is 5.73 Å². The first-order valence-electron chi connectivity index (χ1n) is 6.83. The molecule has 106 valence electrons. The van der Waals surface area contributed by atoms with Gasteiger partial charge in [-0.25, -0.2) is 0 Å². The molecule has 0 aromatic heterocycles. The Morgan fingerprint density at radius 1 is 1.15 bits per heavy atom. The van der Waals surface area contributed by atoms with Gasteiger partial charge in [0.2, 0.25) is 0 Å². The molecule has 0 saturated carbocycles. The van der Waals surface area contributed by atoms with E-state index in [1.165, 1.54) is 10.5 Å². The molecule has 1 atom stereocenters. The number of hydrogen-bond acceptors (Lipinski definition) is 3. The van der Waals surface area contributed by atoms with Crippen LogP contribution in [0.4, 0.5) is 0 Å². The maximum atomic E-state index is 5.99. The lowest BCUT2D eigenvalue weighted by atomic mass is 10.1. The smallest absolute Gasteiger partial charge is 0.124 e. The molecular weight excluding hydrogens is 266 g/mol. The van der Waals surface area contributed by atoms with E-state index in [2.05, 4.69) is 43.3 Å². The van der Waals surface area contributed by atoms with E-state index >= 15 is 0 Å². The zero-order valence-corrected chi connectivity index (χ0v) is 12.8. The van der Waals surface area contributed by atoms with E-state index < -0.39 is 0 Å². The summed E-state index contributed by atoms with van der Waals surface area (Å²) in [5, 5.41) is 0. The van der Waals surface area contributed by atoms with Crippen molar-refractivity contribution in [2.45, 2.75) is 24.8 Å². The molecule has 0 spiro atoms. The highest BCUT2D eigenvalue weighted by atomic mass is 32.2. The van der Waals surface area contributed by atoms with E-state index in [-0.39, 0.29) is 6.04 Å². The molecule has 0 aliphatic carbocycles. The molecule has 20 heavy (non-hydrogen) atoms. The van der Waals surface area contributed by atoms with Gasteiger partial charge in [0.05, 0.1) is 6.61 Å². The van der Waals surface area contributed by atoms with Crippen LogP contribution in [0.2, 0.25) is 0 Å². The fourth-order valence-electron chi connectivity index (χ4n) is 1.98. The number of aryl methyl sites for hydroxylation is 1. The molecule has 0 aliphatic heterocycles. The van der Waals surface area contributed by atoms with Gasteiger partial charge in [-0.15, -0.1) is 11.8 Å². The number of nitrogens with two attached hydrogens (primary N) is 1. The van der Waals surface area contributed by atoms with Crippen molar-refractivity contribution in [1.29, 1.82) is 0 Å². The van der Waals surface area contributed by atoms with Crippen LogP contribution in [-0.2, 0) is 0 Å². The summed E-state index contributed by atoms with van der Waals surface area (Å²) in [6.45, 7) is 4.74. The predicted octanol–water partition coefficient (Wildman–Crippen LogP) is 4.19. The first-order chi connectivity index (χ1) is 9.66. The Balaban J connectivity index is 1.88. The van der Waals surface area contributed by atoms with E-state index in [1.54, 1.807) is 11.8 Å². The van der Waals surface area contributed by atoms with Crippen molar-refractivity contribution >= 4 is 11.8 Å². The quantitative estimate of drug-likeness (QED) is 0.639. The minimum Gasteiger partial charge on any atom is -0.492 e. The van der Waals surface area contributed by atoms with E-state index in [0.717, 1.165) is 17.1 Å². The summed E-state index contributed by atoms with van der Waals surface area (Å²) in [5.74, 6) is 1.83. The average Bonchev–Trinajstić information content (AvgIpc) is 2.45. The van der Waals surface area contributed by atoms with Gasteiger partial charge < -0.3 is 10.5 Å². The van der Waals surface area contributed by atoms with Crippen LogP contribution in [0.15, 0.2) is 53.4 Å². The lowest BCUT2D eigenvalue weighted by Crippen LogP contribution is -2.09. The van der Waals surface area contributed by atoms with Gasteiger partial charge in [0.1, 0.15) is 5.75 Å². The highest BCUT2D eigenvalue weighted by molar-refractivity contribution is 7.99. The van der Waals surface area contributed by atoms with Crippen molar-refractivity contribution in [3.05, 3.63) is 59.7 Å². The first-order valence-corrected chi connectivity index (χ1v) is 7.82. The van der Waals surface area contributed by atoms with Crippen LogP contribution in [0.1, 0.15) is 24.1 Å². The molecule has 2 nitrogen and oxygen atoms in total. The number of ether oxygens (including phenoxy) is 1. The largest absolute Gasteiger partial charge is 0.492 e. The van der Waals surface area contributed by atoms with Crippen molar-refractivity contribution in [3.8, 4) is 5.75 Å². The Labute approximate surface area is 125 Å². The number of rotatable bonds is 6. The van der Waals surface area contributed by atoms with Gasteiger partial charge in [-0.05, 0) is 32.0 Å². The Morgan fingerprint density at radius 3 is 2.60 bits per heavy atom. The summed E-state index contributed by atoms with van der Waals surface area (Å²) in [6.07, 6.45) is 0. The highest BCUT2D eigenvalue weighted by Crippen LogP contribution is 2.25. The Kier molecular flexibility index (Phi) is 5.50. The summed E-state index contributed by atoms with van der Waals surface area (Å²) >= 11 is 1.80.